The topological polar surface area (TPSA) is 250 Å². The SMILES string of the molecule is CC(=O)NC(C)C.CC(=O)NC(C)C.CC(C)C(=O)NC1CCNC1.CC(C)C(=O)NC1CNC1.CC(C)CN1CCNCC1.CC(C)S(=O)(=O)N(C)C.CC(C)n1cccn1.Cc1nc(C(C)C)no1. The quantitative estimate of drug-likeness (QED) is 0.152. The number of aromatic nitrogens is 4. The molecule has 71 heavy (non-hydrogen) atoms. The minimum absolute atomic E-state index is 0.0370. The Kier molecular flexibility index (Phi) is 40.6. The molecule has 3 fully saturated rings. The zero-order valence-electron chi connectivity index (χ0n) is 48.0. The molecule has 3 aliphatic heterocycles. The van der Waals surface area contributed by atoms with Crippen molar-refractivity contribution < 1.29 is 32.1 Å². The standard InChI is InChI=1S/C8H16N2O.C8H18N2.C7H14N2O.C6H10N2O.C6H10N2.C5H13NO2S.2C5H11NO/c1-6(2)8(11)10-7-3-4-9-5-7;1-8(2)7-10-5-3-9-4-6-10;1-5(2)7(10)9-6-3-8-4-6;1-4(2)6-7-5(3)9-8-6;1-6(2)8-5-3-4-7-8;1-5(2)9(7,8)6(3)4;2*1-4(2)6-5(3)7/h6-7,9H,3-5H2,1-2H3,(H,10,11);8-9H,3-7H2,1-2H3;5-6,8H,3-4H2,1-2H3,(H,9,10);4H,1-3H3;3-6H,1-2H3;5H,1-4H3;2*4H,1-3H3,(H,6,7). The van der Waals surface area contributed by atoms with Crippen LogP contribution >= 0.6 is 0 Å². The molecule has 21 heteroatoms. The fourth-order valence-corrected chi connectivity index (χ4v) is 6.53. The summed E-state index contributed by atoms with van der Waals surface area (Å²) in [5, 5.41) is 28.3. The van der Waals surface area contributed by atoms with Crippen LogP contribution in [0.4, 0.5) is 0 Å². The van der Waals surface area contributed by atoms with E-state index in [2.05, 4.69) is 85.1 Å². The van der Waals surface area contributed by atoms with Crippen LogP contribution in [0, 0.1) is 24.7 Å². The Morgan fingerprint density at radius 3 is 1.44 bits per heavy atom. The minimum Gasteiger partial charge on any atom is -0.354 e. The molecule has 416 valence electrons. The summed E-state index contributed by atoms with van der Waals surface area (Å²) in [4.78, 5) is 49.0. The fourth-order valence-electron chi connectivity index (χ4n) is 5.68. The third kappa shape index (κ3) is 41.2. The lowest BCUT2D eigenvalue weighted by molar-refractivity contribution is -0.125. The van der Waals surface area contributed by atoms with Gasteiger partial charge < -0.3 is 46.6 Å². The smallest absolute Gasteiger partial charge is 0.223 e. The van der Waals surface area contributed by atoms with Gasteiger partial charge in [0.15, 0.2) is 5.82 Å². The van der Waals surface area contributed by atoms with E-state index in [4.69, 9.17) is 4.52 Å². The second-order valence-corrected chi connectivity index (χ2v) is 23.0. The van der Waals surface area contributed by atoms with Crippen LogP contribution < -0.4 is 37.2 Å². The molecule has 0 spiro atoms. The molecule has 2 aromatic rings. The molecule has 7 N–H and O–H groups in total. The van der Waals surface area contributed by atoms with Crippen molar-refractivity contribution >= 4 is 33.7 Å². The maximum atomic E-state index is 11.2. The molecule has 3 saturated heterocycles. The van der Waals surface area contributed by atoms with Crippen molar-refractivity contribution in [3.63, 3.8) is 0 Å². The van der Waals surface area contributed by atoms with Crippen LogP contribution in [0.5, 0.6) is 0 Å². The van der Waals surface area contributed by atoms with Crippen LogP contribution in [0.15, 0.2) is 23.0 Å². The number of aryl methyl sites for hydroxylation is 1. The lowest BCUT2D eigenvalue weighted by Crippen LogP contribution is -2.57. The number of carbonyl (C=O) groups is 4. The Labute approximate surface area is 431 Å². The average Bonchev–Trinajstić information content (AvgIpc) is 4.05. The van der Waals surface area contributed by atoms with Crippen molar-refractivity contribution in [2.45, 2.75) is 179 Å². The number of sulfonamides is 1. The van der Waals surface area contributed by atoms with E-state index in [1.165, 1.54) is 65.0 Å². The Balaban J connectivity index is -0.000000748. The monoisotopic (exact) mass is 1030 g/mol. The van der Waals surface area contributed by atoms with Crippen LogP contribution in [0.3, 0.4) is 0 Å². The van der Waals surface area contributed by atoms with Crippen molar-refractivity contribution in [2.24, 2.45) is 17.8 Å². The molecular formula is C50H103N13O7S. The summed E-state index contributed by atoms with van der Waals surface area (Å²) in [5.74, 6) is 3.22. The molecule has 5 rings (SSSR count). The van der Waals surface area contributed by atoms with Gasteiger partial charge in [-0.15, -0.1) is 0 Å². The van der Waals surface area contributed by atoms with Crippen LogP contribution in [0.25, 0.3) is 0 Å². The van der Waals surface area contributed by atoms with Crippen molar-refractivity contribution in [1.82, 2.24) is 66.3 Å². The Bertz CT molecular complexity index is 1720. The summed E-state index contributed by atoms with van der Waals surface area (Å²) >= 11 is 0. The molecule has 20 nitrogen and oxygen atoms in total. The number of nitrogens with zero attached hydrogens (tertiary/aromatic N) is 6. The van der Waals surface area contributed by atoms with E-state index >= 15 is 0 Å². The number of rotatable bonds is 12. The third-order valence-electron chi connectivity index (χ3n) is 9.62. The van der Waals surface area contributed by atoms with E-state index in [9.17, 15) is 27.6 Å². The second-order valence-electron chi connectivity index (χ2n) is 20.3. The highest BCUT2D eigenvalue weighted by atomic mass is 32.2. The van der Waals surface area contributed by atoms with Gasteiger partial charge in [0.25, 0.3) is 0 Å². The van der Waals surface area contributed by atoms with Gasteiger partial charge in [-0.2, -0.15) is 10.1 Å². The van der Waals surface area contributed by atoms with E-state index in [0.717, 1.165) is 44.3 Å². The van der Waals surface area contributed by atoms with Crippen LogP contribution in [0.1, 0.15) is 155 Å². The first-order valence-corrected chi connectivity index (χ1v) is 27.0. The molecule has 0 aliphatic carbocycles. The molecule has 3 aliphatic rings. The van der Waals surface area contributed by atoms with Crippen LogP contribution in [-0.4, -0.2) is 164 Å². The molecule has 2 aromatic heterocycles. The van der Waals surface area contributed by atoms with Crippen LogP contribution in [-0.2, 0) is 29.2 Å². The molecule has 1 unspecified atom stereocenters. The Morgan fingerprint density at radius 2 is 1.21 bits per heavy atom. The molecule has 0 saturated carbocycles. The van der Waals surface area contributed by atoms with Crippen molar-refractivity contribution in [3.8, 4) is 0 Å². The normalized spacial score (nSPS) is 15.4. The van der Waals surface area contributed by atoms with Gasteiger partial charge in [0.05, 0.1) is 11.3 Å². The first kappa shape index (κ1) is 71.2. The summed E-state index contributed by atoms with van der Waals surface area (Å²) < 4.78 is 29.8. The van der Waals surface area contributed by atoms with Crippen molar-refractivity contribution in [2.75, 3.05) is 73.0 Å². The summed E-state index contributed by atoms with van der Waals surface area (Å²) in [5.41, 5.74) is 0. The highest BCUT2D eigenvalue weighted by molar-refractivity contribution is 7.89. The van der Waals surface area contributed by atoms with E-state index < -0.39 is 10.0 Å². The number of nitrogens with one attached hydrogen (secondary N) is 7. The van der Waals surface area contributed by atoms with Gasteiger partial charge >= 0.3 is 0 Å². The van der Waals surface area contributed by atoms with Gasteiger partial charge in [0.1, 0.15) is 0 Å². The number of hydrogen-bond donors (Lipinski definition) is 7. The lowest BCUT2D eigenvalue weighted by atomic mass is 10.1. The minimum atomic E-state index is -2.98. The molecule has 0 aromatic carbocycles. The van der Waals surface area contributed by atoms with E-state index in [1.807, 2.05) is 86.2 Å². The number of carbonyl (C=O) groups excluding carboxylic acids is 4. The maximum Gasteiger partial charge on any atom is 0.223 e. The third-order valence-corrected chi connectivity index (χ3v) is 11.8. The number of piperazine rings is 1. The van der Waals surface area contributed by atoms with Crippen LogP contribution in [0.2, 0.25) is 0 Å². The zero-order chi connectivity index (χ0) is 55.4. The second kappa shape index (κ2) is 40.5. The van der Waals surface area contributed by atoms with Gasteiger partial charge in [-0.25, -0.2) is 12.7 Å². The Hall–Kier alpha value is -4.02. The fraction of sp³-hybridized carbons (Fsp3) is 0.820. The number of hydrogen-bond acceptors (Lipinski definition) is 14. The molecule has 0 bridgehead atoms. The molecule has 0 radical (unpaired) electrons. The Morgan fingerprint density at radius 1 is 0.732 bits per heavy atom. The largest absolute Gasteiger partial charge is 0.354 e. The van der Waals surface area contributed by atoms with Gasteiger partial charge in [0.2, 0.25) is 39.5 Å². The summed E-state index contributed by atoms with van der Waals surface area (Å²) in [6.07, 6.45) is 4.82. The van der Waals surface area contributed by atoms with E-state index in [-0.39, 0.29) is 52.8 Å². The average molecular weight is 1030 g/mol. The van der Waals surface area contributed by atoms with E-state index in [1.54, 1.807) is 27.0 Å². The summed E-state index contributed by atoms with van der Waals surface area (Å²) in [6, 6.07) is 3.72. The lowest BCUT2D eigenvalue weighted by Gasteiger charge is -2.28. The highest BCUT2D eigenvalue weighted by Crippen LogP contribution is 2.08. The first-order valence-electron chi connectivity index (χ1n) is 25.5. The van der Waals surface area contributed by atoms with Crippen molar-refractivity contribution in [3.05, 3.63) is 30.2 Å². The number of amides is 4. The van der Waals surface area contributed by atoms with E-state index in [0.29, 0.717) is 29.9 Å². The van der Waals surface area contributed by atoms with Gasteiger partial charge in [-0.1, -0.05) is 60.5 Å². The van der Waals surface area contributed by atoms with Crippen molar-refractivity contribution in [1.29, 1.82) is 0 Å². The predicted molar refractivity (Wildman–Crippen MR) is 289 cm³/mol. The van der Waals surface area contributed by atoms with Gasteiger partial charge in [0, 0.05) is 142 Å². The van der Waals surface area contributed by atoms with Gasteiger partial charge in [-0.3, -0.25) is 23.9 Å². The molecule has 5 heterocycles. The predicted octanol–water partition coefficient (Wildman–Crippen LogP) is 4.71. The molecular weight excluding hydrogens is 927 g/mol. The summed E-state index contributed by atoms with van der Waals surface area (Å²) in [7, 11) is 0.0926. The maximum absolute atomic E-state index is 11.2. The highest BCUT2D eigenvalue weighted by Gasteiger charge is 2.20. The zero-order valence-corrected chi connectivity index (χ0v) is 48.8. The summed E-state index contributed by atoms with van der Waals surface area (Å²) in [6.45, 7) is 46.2. The molecule has 1 atom stereocenters. The molecule has 4 amide bonds. The first-order chi connectivity index (χ1) is 32.8. The van der Waals surface area contributed by atoms with Gasteiger partial charge in [-0.05, 0) is 80.3 Å².